The minimum Gasteiger partial charge on any atom is -0.359 e. The van der Waals surface area contributed by atoms with E-state index in [1.807, 2.05) is 12.1 Å². The smallest absolute Gasteiger partial charge is 0.0456 e. The zero-order valence-corrected chi connectivity index (χ0v) is 8.93. The van der Waals surface area contributed by atoms with Crippen molar-refractivity contribution < 1.29 is 0 Å². The number of aromatic amines is 1. The number of H-pyrrole nitrogens is 1. The van der Waals surface area contributed by atoms with Crippen molar-refractivity contribution in [2.75, 3.05) is 0 Å². The number of halogens is 1. The largest absolute Gasteiger partial charge is 0.359 e. The second-order valence-corrected chi connectivity index (χ2v) is 3.98. The molecule has 1 aromatic heterocycles. The van der Waals surface area contributed by atoms with Gasteiger partial charge in [-0.2, -0.15) is 0 Å². The Morgan fingerprint density at radius 2 is 2.00 bits per heavy atom. The molecule has 0 fully saturated rings. The number of aryl methyl sites for hydroxylation is 1. The van der Waals surface area contributed by atoms with Gasteiger partial charge in [0.05, 0.1) is 0 Å². The zero-order chi connectivity index (χ0) is 9.26. The fourth-order valence-corrected chi connectivity index (χ4v) is 1.73. The SMILES string of the molecule is Cc1ccc(-c2cccc(Br)c2)[nH]1. The van der Waals surface area contributed by atoms with Crippen molar-refractivity contribution >= 4 is 15.9 Å². The van der Waals surface area contributed by atoms with Crippen molar-refractivity contribution in [2.45, 2.75) is 6.92 Å². The van der Waals surface area contributed by atoms with Crippen LogP contribution in [0.3, 0.4) is 0 Å². The number of hydrogen-bond donors (Lipinski definition) is 1. The molecule has 0 saturated heterocycles. The number of rotatable bonds is 1. The van der Waals surface area contributed by atoms with Crippen molar-refractivity contribution in [1.82, 2.24) is 4.98 Å². The molecule has 1 nitrogen and oxygen atoms in total. The molecule has 0 saturated carbocycles. The summed E-state index contributed by atoms with van der Waals surface area (Å²) in [5.41, 5.74) is 3.57. The Balaban J connectivity index is 2.46. The first-order valence-electron chi connectivity index (χ1n) is 4.17. The van der Waals surface area contributed by atoms with Gasteiger partial charge in [0.1, 0.15) is 0 Å². The first kappa shape index (κ1) is 8.57. The third-order valence-corrected chi connectivity index (χ3v) is 2.46. The van der Waals surface area contributed by atoms with Gasteiger partial charge >= 0.3 is 0 Å². The van der Waals surface area contributed by atoms with E-state index in [-0.39, 0.29) is 0 Å². The molecule has 2 aromatic rings. The van der Waals surface area contributed by atoms with E-state index in [1.54, 1.807) is 0 Å². The van der Waals surface area contributed by atoms with Gasteiger partial charge in [0.2, 0.25) is 0 Å². The summed E-state index contributed by atoms with van der Waals surface area (Å²) >= 11 is 3.45. The lowest BCUT2D eigenvalue weighted by Gasteiger charge is -1.98. The fraction of sp³-hybridized carbons (Fsp3) is 0.0909. The Morgan fingerprint density at radius 3 is 2.62 bits per heavy atom. The summed E-state index contributed by atoms with van der Waals surface area (Å²) in [6.07, 6.45) is 0. The quantitative estimate of drug-likeness (QED) is 0.776. The second kappa shape index (κ2) is 3.38. The van der Waals surface area contributed by atoms with E-state index in [9.17, 15) is 0 Å². The van der Waals surface area contributed by atoms with Crippen LogP contribution in [0.5, 0.6) is 0 Å². The van der Waals surface area contributed by atoms with Crippen LogP contribution in [-0.2, 0) is 0 Å². The number of nitrogens with one attached hydrogen (secondary N) is 1. The van der Waals surface area contributed by atoms with Gasteiger partial charge in [-0.15, -0.1) is 0 Å². The van der Waals surface area contributed by atoms with E-state index >= 15 is 0 Å². The summed E-state index contributed by atoms with van der Waals surface area (Å²) < 4.78 is 1.11. The van der Waals surface area contributed by atoms with Crippen molar-refractivity contribution in [3.05, 3.63) is 46.6 Å². The van der Waals surface area contributed by atoms with Crippen LogP contribution in [0.25, 0.3) is 11.3 Å². The van der Waals surface area contributed by atoms with Crippen LogP contribution in [0.2, 0.25) is 0 Å². The minimum absolute atomic E-state index is 1.11. The van der Waals surface area contributed by atoms with Gasteiger partial charge in [-0.1, -0.05) is 28.1 Å². The van der Waals surface area contributed by atoms with Crippen LogP contribution in [0.4, 0.5) is 0 Å². The number of hydrogen-bond acceptors (Lipinski definition) is 0. The van der Waals surface area contributed by atoms with Gasteiger partial charge in [-0.25, -0.2) is 0 Å². The Bertz CT molecular complexity index is 418. The highest BCUT2D eigenvalue weighted by Gasteiger charge is 1.98. The third kappa shape index (κ3) is 1.83. The lowest BCUT2D eigenvalue weighted by Crippen LogP contribution is -1.77. The summed E-state index contributed by atoms with van der Waals surface area (Å²) in [5, 5.41) is 0. The van der Waals surface area contributed by atoms with E-state index in [4.69, 9.17) is 0 Å². The Morgan fingerprint density at radius 1 is 1.15 bits per heavy atom. The molecule has 1 N–H and O–H groups in total. The highest BCUT2D eigenvalue weighted by Crippen LogP contribution is 2.21. The maximum Gasteiger partial charge on any atom is 0.0456 e. The summed E-state index contributed by atoms with van der Waals surface area (Å²) in [5.74, 6) is 0. The molecule has 0 spiro atoms. The van der Waals surface area contributed by atoms with Crippen molar-refractivity contribution in [2.24, 2.45) is 0 Å². The molecule has 0 aliphatic heterocycles. The van der Waals surface area contributed by atoms with Crippen LogP contribution >= 0.6 is 15.9 Å². The molecule has 0 radical (unpaired) electrons. The fourth-order valence-electron chi connectivity index (χ4n) is 1.33. The van der Waals surface area contributed by atoms with E-state index in [2.05, 4.69) is 52.1 Å². The molecule has 0 unspecified atom stereocenters. The predicted molar refractivity (Wildman–Crippen MR) is 58.7 cm³/mol. The Labute approximate surface area is 85.9 Å². The molecular weight excluding hydrogens is 226 g/mol. The maximum absolute atomic E-state index is 3.45. The molecule has 2 heteroatoms. The van der Waals surface area contributed by atoms with E-state index in [0.29, 0.717) is 0 Å². The van der Waals surface area contributed by atoms with Gasteiger partial charge in [0.25, 0.3) is 0 Å². The number of benzene rings is 1. The summed E-state index contributed by atoms with van der Waals surface area (Å²) in [7, 11) is 0. The topological polar surface area (TPSA) is 15.8 Å². The summed E-state index contributed by atoms with van der Waals surface area (Å²) in [4.78, 5) is 3.30. The maximum atomic E-state index is 3.45. The minimum atomic E-state index is 1.11. The summed E-state index contributed by atoms with van der Waals surface area (Å²) in [6, 6.07) is 12.4. The average molecular weight is 236 g/mol. The highest BCUT2D eigenvalue weighted by atomic mass is 79.9. The molecule has 1 heterocycles. The van der Waals surface area contributed by atoms with Gasteiger partial charge in [-0.3, -0.25) is 0 Å². The zero-order valence-electron chi connectivity index (χ0n) is 7.34. The van der Waals surface area contributed by atoms with E-state index < -0.39 is 0 Å². The first-order chi connectivity index (χ1) is 6.25. The van der Waals surface area contributed by atoms with Gasteiger partial charge in [0.15, 0.2) is 0 Å². The van der Waals surface area contributed by atoms with Gasteiger partial charge in [0, 0.05) is 15.9 Å². The van der Waals surface area contributed by atoms with Crippen molar-refractivity contribution in [3.8, 4) is 11.3 Å². The molecule has 0 amide bonds. The lowest BCUT2D eigenvalue weighted by molar-refractivity contribution is 1.27. The molecule has 0 aliphatic carbocycles. The average Bonchev–Trinajstić information content (AvgIpc) is 2.52. The second-order valence-electron chi connectivity index (χ2n) is 3.07. The molecule has 0 aliphatic rings. The molecule has 1 aromatic carbocycles. The third-order valence-electron chi connectivity index (χ3n) is 1.97. The molecule has 2 rings (SSSR count). The highest BCUT2D eigenvalue weighted by molar-refractivity contribution is 9.10. The predicted octanol–water partition coefficient (Wildman–Crippen LogP) is 3.75. The van der Waals surface area contributed by atoms with Crippen molar-refractivity contribution in [1.29, 1.82) is 0 Å². The van der Waals surface area contributed by atoms with Crippen LogP contribution < -0.4 is 0 Å². The Hall–Kier alpha value is -1.02. The van der Waals surface area contributed by atoms with Gasteiger partial charge in [-0.05, 0) is 36.8 Å². The first-order valence-corrected chi connectivity index (χ1v) is 4.96. The molecule has 66 valence electrons. The monoisotopic (exact) mass is 235 g/mol. The van der Waals surface area contributed by atoms with E-state index in [0.717, 1.165) is 4.47 Å². The van der Waals surface area contributed by atoms with Crippen LogP contribution in [0.1, 0.15) is 5.69 Å². The lowest BCUT2D eigenvalue weighted by atomic mass is 10.2. The molecule has 0 atom stereocenters. The van der Waals surface area contributed by atoms with Crippen LogP contribution in [-0.4, -0.2) is 4.98 Å². The van der Waals surface area contributed by atoms with Crippen LogP contribution in [0, 0.1) is 6.92 Å². The summed E-state index contributed by atoms with van der Waals surface area (Å²) in [6.45, 7) is 2.06. The molecule has 0 bridgehead atoms. The van der Waals surface area contributed by atoms with Crippen molar-refractivity contribution in [3.63, 3.8) is 0 Å². The number of aromatic nitrogens is 1. The molecular formula is C11H10BrN. The van der Waals surface area contributed by atoms with E-state index in [1.165, 1.54) is 17.0 Å². The molecule has 13 heavy (non-hydrogen) atoms. The van der Waals surface area contributed by atoms with Crippen LogP contribution in [0.15, 0.2) is 40.9 Å². The van der Waals surface area contributed by atoms with Gasteiger partial charge < -0.3 is 4.98 Å². The standard InChI is InChI=1S/C11H10BrN/c1-8-5-6-11(13-8)9-3-2-4-10(12)7-9/h2-7,13H,1H3. The Kier molecular flexibility index (Phi) is 2.23. The normalized spacial score (nSPS) is 10.3.